The van der Waals surface area contributed by atoms with Gasteiger partial charge < -0.3 is 15.4 Å². The molecule has 0 unspecified atom stereocenters. The molecule has 0 amide bonds. The fraction of sp³-hybridized carbons (Fsp3) is 0.267. The van der Waals surface area contributed by atoms with Gasteiger partial charge in [-0.1, -0.05) is 56.6 Å². The monoisotopic (exact) mass is 563 g/mol. The molecule has 0 saturated heterocycles. The average molecular weight is 564 g/mol. The minimum atomic E-state index is -0.549. The van der Waals surface area contributed by atoms with Crippen molar-refractivity contribution < 1.29 is 9.13 Å². The molecule has 3 N–H and O–H groups in total. The Hall–Kier alpha value is -4.08. The van der Waals surface area contributed by atoms with Gasteiger partial charge in [0, 0.05) is 29.4 Å². The van der Waals surface area contributed by atoms with Crippen LogP contribution in [0.1, 0.15) is 38.4 Å². The van der Waals surface area contributed by atoms with Crippen LogP contribution in [-0.4, -0.2) is 40.9 Å². The molecule has 2 heterocycles. The van der Waals surface area contributed by atoms with E-state index in [-0.39, 0.29) is 11.8 Å². The van der Waals surface area contributed by atoms with E-state index in [0.717, 1.165) is 45.7 Å². The van der Waals surface area contributed by atoms with Crippen LogP contribution in [0.5, 0.6) is 0 Å². The van der Waals surface area contributed by atoms with Crippen molar-refractivity contribution in [2.45, 2.75) is 34.1 Å². The highest BCUT2D eigenvalue weighted by Gasteiger charge is 2.08. The van der Waals surface area contributed by atoms with Gasteiger partial charge in [-0.05, 0) is 54.8 Å². The van der Waals surface area contributed by atoms with E-state index in [1.54, 1.807) is 6.20 Å². The minimum absolute atomic E-state index is 0.0834. The van der Waals surface area contributed by atoms with Crippen molar-refractivity contribution in [3.63, 3.8) is 0 Å². The number of aromatic nitrogens is 3. The molecule has 40 heavy (non-hydrogen) atoms. The number of aryl methyl sites for hydroxylation is 1. The Kier molecular flexibility index (Phi) is 12.3. The second kappa shape index (κ2) is 16.1. The van der Waals surface area contributed by atoms with E-state index in [2.05, 4.69) is 42.2 Å². The molecule has 0 bridgehead atoms. The molecule has 0 fully saturated rings. The van der Waals surface area contributed by atoms with Crippen LogP contribution >= 0.6 is 11.6 Å². The molecule has 0 spiro atoms. The summed E-state index contributed by atoms with van der Waals surface area (Å²) < 4.78 is 19.3. The largest absolute Gasteiger partial charge is 0.380 e. The second-order valence-electron chi connectivity index (χ2n) is 8.41. The van der Waals surface area contributed by atoms with E-state index in [0.29, 0.717) is 25.5 Å². The highest BCUT2D eigenvalue weighted by molar-refractivity contribution is 6.33. The number of hydrogen-bond donors (Lipinski definition) is 3. The van der Waals surface area contributed by atoms with E-state index in [9.17, 15) is 4.39 Å². The summed E-state index contributed by atoms with van der Waals surface area (Å²) in [5, 5.41) is 11.1. The minimum Gasteiger partial charge on any atom is -0.380 e. The molecule has 0 radical (unpaired) electrons. The van der Waals surface area contributed by atoms with Gasteiger partial charge in [0.05, 0.1) is 36.6 Å². The van der Waals surface area contributed by atoms with Crippen molar-refractivity contribution in [2.75, 3.05) is 35.8 Å². The van der Waals surface area contributed by atoms with E-state index >= 15 is 0 Å². The number of nitrogens with zero attached hydrogens (tertiary/aromatic N) is 4. The van der Waals surface area contributed by atoms with Crippen LogP contribution in [0.2, 0.25) is 5.02 Å². The summed E-state index contributed by atoms with van der Waals surface area (Å²) in [6, 6.07) is 17.7. The number of ether oxygens (including phenoxy) is 1. The van der Waals surface area contributed by atoms with Crippen LogP contribution in [-0.2, 0) is 4.74 Å². The van der Waals surface area contributed by atoms with Crippen molar-refractivity contribution >= 4 is 41.0 Å². The van der Waals surface area contributed by atoms with Gasteiger partial charge in [0.25, 0.3) is 0 Å². The molecule has 210 valence electrons. The lowest BCUT2D eigenvalue weighted by molar-refractivity contribution is 0.144. The number of hydrogen-bond acceptors (Lipinski definition) is 8. The van der Waals surface area contributed by atoms with Gasteiger partial charge in [-0.15, -0.1) is 0 Å². The lowest BCUT2D eigenvalue weighted by Crippen LogP contribution is -2.13. The third kappa shape index (κ3) is 9.00. The van der Waals surface area contributed by atoms with E-state index in [1.807, 2.05) is 76.2 Å². The second-order valence-corrected chi connectivity index (χ2v) is 8.82. The maximum absolute atomic E-state index is 14.0. The zero-order chi connectivity index (χ0) is 28.7. The first kappa shape index (κ1) is 30.5. The fourth-order valence-corrected chi connectivity index (χ4v) is 3.99. The quantitative estimate of drug-likeness (QED) is 0.0923. The molecular formula is C30H35ClFN7O. The predicted molar refractivity (Wildman–Crippen MR) is 163 cm³/mol. The van der Waals surface area contributed by atoms with Crippen LogP contribution in [0, 0.1) is 12.7 Å². The van der Waals surface area contributed by atoms with E-state index in [1.165, 1.54) is 6.21 Å². The lowest BCUT2D eigenvalue weighted by Gasteiger charge is -2.11. The Labute approximate surface area is 240 Å². The molecule has 0 aliphatic carbocycles. The van der Waals surface area contributed by atoms with Crippen LogP contribution in [0.3, 0.4) is 0 Å². The fourth-order valence-electron chi connectivity index (χ4n) is 3.66. The Morgan fingerprint density at radius 3 is 2.58 bits per heavy atom. The normalized spacial score (nSPS) is 10.7. The number of rotatable bonds is 12. The topological polar surface area (TPSA) is 96.3 Å². The Balaban J connectivity index is 0.00000216. The first-order valence-corrected chi connectivity index (χ1v) is 13.6. The third-order valence-electron chi connectivity index (χ3n) is 5.44. The first-order valence-electron chi connectivity index (χ1n) is 13.3. The number of nitrogens with one attached hydrogen (secondary N) is 3. The molecule has 0 saturated carbocycles. The van der Waals surface area contributed by atoms with Crippen molar-refractivity contribution in [2.24, 2.45) is 5.10 Å². The third-order valence-corrected chi connectivity index (χ3v) is 5.76. The summed E-state index contributed by atoms with van der Waals surface area (Å²) in [6.45, 7) is 9.63. The number of halogens is 2. The number of pyridine rings is 1. The summed E-state index contributed by atoms with van der Waals surface area (Å²) in [7, 11) is 0. The van der Waals surface area contributed by atoms with Crippen LogP contribution in [0.15, 0.2) is 72.1 Å². The van der Waals surface area contributed by atoms with Crippen LogP contribution in [0.4, 0.5) is 27.5 Å². The molecular weight excluding hydrogens is 529 g/mol. The number of hydrazone groups is 1. The Morgan fingerprint density at radius 2 is 1.82 bits per heavy atom. The first-order chi connectivity index (χ1) is 19.5. The molecule has 0 aliphatic rings. The van der Waals surface area contributed by atoms with Crippen molar-refractivity contribution in [1.29, 1.82) is 0 Å². The lowest BCUT2D eigenvalue weighted by atomic mass is 10.00. The summed E-state index contributed by atoms with van der Waals surface area (Å²) in [6.07, 6.45) is 5.26. The number of benzene rings is 2. The summed E-state index contributed by atoms with van der Waals surface area (Å²) in [5.74, 6) is -0.306. The van der Waals surface area contributed by atoms with Gasteiger partial charge in [-0.25, -0.2) is 14.8 Å². The average Bonchev–Trinajstić information content (AvgIpc) is 2.96. The van der Waals surface area contributed by atoms with Crippen molar-refractivity contribution in [3.05, 3.63) is 89.1 Å². The molecule has 4 rings (SSSR count). The molecule has 10 heteroatoms. The van der Waals surface area contributed by atoms with E-state index < -0.39 is 5.82 Å². The maximum atomic E-state index is 14.0. The predicted octanol–water partition coefficient (Wildman–Crippen LogP) is 7.69. The van der Waals surface area contributed by atoms with Crippen LogP contribution in [0.25, 0.3) is 11.1 Å². The molecule has 0 atom stereocenters. The molecule has 2 aromatic heterocycles. The van der Waals surface area contributed by atoms with Gasteiger partial charge >= 0.3 is 0 Å². The van der Waals surface area contributed by atoms with Crippen molar-refractivity contribution in [3.8, 4) is 11.1 Å². The van der Waals surface area contributed by atoms with Gasteiger partial charge in [-0.3, -0.25) is 4.98 Å². The maximum Gasteiger partial charge on any atom is 0.245 e. The van der Waals surface area contributed by atoms with Gasteiger partial charge in [0.1, 0.15) is 0 Å². The Bertz CT molecular complexity index is 1360. The van der Waals surface area contributed by atoms with Gasteiger partial charge in [0.15, 0.2) is 11.6 Å². The molecule has 0 aliphatic heterocycles. The highest BCUT2D eigenvalue weighted by Crippen LogP contribution is 2.33. The highest BCUT2D eigenvalue weighted by atomic mass is 35.5. The van der Waals surface area contributed by atoms with Gasteiger partial charge in [-0.2, -0.15) is 10.1 Å². The Morgan fingerprint density at radius 1 is 1.00 bits per heavy atom. The van der Waals surface area contributed by atoms with E-state index in [4.69, 9.17) is 16.3 Å². The summed E-state index contributed by atoms with van der Waals surface area (Å²) in [5.41, 5.74) is 8.23. The summed E-state index contributed by atoms with van der Waals surface area (Å²) in [4.78, 5) is 12.4. The van der Waals surface area contributed by atoms with Crippen molar-refractivity contribution in [1.82, 2.24) is 15.0 Å². The number of anilines is 4. The molecule has 2 aromatic carbocycles. The summed E-state index contributed by atoms with van der Waals surface area (Å²) >= 11 is 6.44. The standard InChI is InChI=1S/C28H29ClFN7O.C2H6/c1-3-13-38-14-12-31-27-25(30)18-33-28(36-27)37-34-17-22-10-11-23(16-32-22)35-21-8-5-7-20(15-21)26-19(2)6-4-9-24(26)29;1-2/h4-11,15-18,35H,3,12-14H2,1-2H3,(H2,31,33,36,37);1-2H3/b34-17+;. The zero-order valence-corrected chi connectivity index (χ0v) is 24.0. The van der Waals surface area contributed by atoms with Crippen LogP contribution < -0.4 is 16.1 Å². The van der Waals surface area contributed by atoms with Gasteiger partial charge in [0.2, 0.25) is 5.95 Å². The smallest absolute Gasteiger partial charge is 0.245 e. The SMILES string of the molecule is CC.CCCOCCNc1nc(N/N=C/c2ccc(Nc3cccc(-c4c(C)cccc4Cl)c3)cn2)ncc1F. The molecule has 8 nitrogen and oxygen atoms in total. The molecule has 4 aromatic rings. The zero-order valence-electron chi connectivity index (χ0n) is 23.2.